The third-order valence-electron chi connectivity index (χ3n) is 3.50. The van der Waals surface area contributed by atoms with Crippen molar-refractivity contribution >= 4 is 11.9 Å². The SMILES string of the molecule is CCCCC(CC)C(=O)O.CCCCC(CC)C(=O)O.[Pd]. The summed E-state index contributed by atoms with van der Waals surface area (Å²) < 4.78 is 0. The summed E-state index contributed by atoms with van der Waals surface area (Å²) in [5.74, 6) is -1.51. The maximum Gasteiger partial charge on any atom is 0.306 e. The molecule has 130 valence electrons. The van der Waals surface area contributed by atoms with E-state index in [4.69, 9.17) is 10.2 Å². The first-order valence-corrected chi connectivity index (χ1v) is 7.89. The quantitative estimate of drug-likeness (QED) is 0.532. The Bertz CT molecular complexity index is 231. The Kier molecular flexibility index (Phi) is 21.5. The summed E-state index contributed by atoms with van der Waals surface area (Å²) in [5, 5.41) is 17.2. The van der Waals surface area contributed by atoms with E-state index in [0.29, 0.717) is 0 Å². The van der Waals surface area contributed by atoms with E-state index in [1.54, 1.807) is 0 Å². The first kappa shape index (κ1) is 25.6. The second-order valence-corrected chi connectivity index (χ2v) is 5.17. The maximum atomic E-state index is 10.4. The van der Waals surface area contributed by atoms with E-state index >= 15 is 0 Å². The summed E-state index contributed by atoms with van der Waals surface area (Å²) in [6, 6.07) is 0. The van der Waals surface area contributed by atoms with Gasteiger partial charge in [-0.2, -0.15) is 0 Å². The van der Waals surface area contributed by atoms with Crippen LogP contribution in [0.25, 0.3) is 0 Å². The molecule has 5 heteroatoms. The number of aliphatic carboxylic acids is 2. The third kappa shape index (κ3) is 15.8. The molecule has 0 fully saturated rings. The molecule has 0 heterocycles. The van der Waals surface area contributed by atoms with Gasteiger partial charge >= 0.3 is 11.9 Å². The van der Waals surface area contributed by atoms with Gasteiger partial charge < -0.3 is 10.2 Å². The van der Waals surface area contributed by atoms with Crippen LogP contribution in [0.3, 0.4) is 0 Å². The van der Waals surface area contributed by atoms with E-state index in [1.165, 1.54) is 0 Å². The summed E-state index contributed by atoms with van der Waals surface area (Å²) in [6.07, 6.45) is 7.43. The second-order valence-electron chi connectivity index (χ2n) is 5.17. The van der Waals surface area contributed by atoms with Crippen LogP contribution in [0.4, 0.5) is 0 Å². The van der Waals surface area contributed by atoms with Crippen molar-refractivity contribution in [3.63, 3.8) is 0 Å². The fourth-order valence-electron chi connectivity index (χ4n) is 1.91. The zero-order valence-electron chi connectivity index (χ0n) is 13.8. The molecule has 0 amide bonds. The Morgan fingerprint density at radius 2 is 1.05 bits per heavy atom. The molecular weight excluding hydrogens is 363 g/mol. The Labute approximate surface area is 143 Å². The monoisotopic (exact) mass is 394 g/mol. The van der Waals surface area contributed by atoms with Gasteiger partial charge in [0.2, 0.25) is 0 Å². The predicted molar refractivity (Wildman–Crippen MR) is 81.9 cm³/mol. The predicted octanol–water partition coefficient (Wildman–Crippen LogP) is 4.57. The molecule has 21 heavy (non-hydrogen) atoms. The minimum Gasteiger partial charge on any atom is -0.481 e. The summed E-state index contributed by atoms with van der Waals surface area (Å²) in [7, 11) is 0. The van der Waals surface area contributed by atoms with Gasteiger partial charge in [0, 0.05) is 20.4 Å². The first-order chi connectivity index (χ1) is 9.44. The summed E-state index contributed by atoms with van der Waals surface area (Å²) in [6.45, 7) is 8.01. The second kappa shape index (κ2) is 17.7. The average Bonchev–Trinajstić information content (AvgIpc) is 2.40. The van der Waals surface area contributed by atoms with Gasteiger partial charge in [0.1, 0.15) is 0 Å². The van der Waals surface area contributed by atoms with Crippen molar-refractivity contribution in [2.75, 3.05) is 0 Å². The average molecular weight is 395 g/mol. The van der Waals surface area contributed by atoms with Crippen LogP contribution < -0.4 is 0 Å². The van der Waals surface area contributed by atoms with Gasteiger partial charge in [-0.1, -0.05) is 53.4 Å². The molecule has 0 spiro atoms. The molecule has 2 unspecified atom stereocenters. The van der Waals surface area contributed by atoms with Gasteiger partial charge in [-0.25, -0.2) is 0 Å². The Morgan fingerprint density at radius 3 is 1.19 bits per heavy atom. The van der Waals surface area contributed by atoms with Crippen molar-refractivity contribution in [3.8, 4) is 0 Å². The molecule has 2 N–H and O–H groups in total. The normalized spacial score (nSPS) is 12.4. The van der Waals surface area contributed by atoms with E-state index in [-0.39, 0.29) is 32.3 Å². The van der Waals surface area contributed by atoms with Crippen LogP contribution in [0.5, 0.6) is 0 Å². The number of hydrogen-bond acceptors (Lipinski definition) is 2. The van der Waals surface area contributed by atoms with Gasteiger partial charge in [-0.05, 0) is 25.7 Å². The fraction of sp³-hybridized carbons (Fsp3) is 0.875. The summed E-state index contributed by atoms with van der Waals surface area (Å²) >= 11 is 0. The van der Waals surface area contributed by atoms with Crippen molar-refractivity contribution in [1.29, 1.82) is 0 Å². The van der Waals surface area contributed by atoms with Crippen molar-refractivity contribution < 1.29 is 40.2 Å². The molecule has 0 radical (unpaired) electrons. The minimum absolute atomic E-state index is 0. The topological polar surface area (TPSA) is 74.6 Å². The molecule has 0 aromatic rings. The van der Waals surface area contributed by atoms with Crippen LogP contribution in [0.1, 0.15) is 79.1 Å². The van der Waals surface area contributed by atoms with Crippen LogP contribution in [0, 0.1) is 11.8 Å². The van der Waals surface area contributed by atoms with E-state index < -0.39 is 11.9 Å². The van der Waals surface area contributed by atoms with Crippen molar-refractivity contribution in [2.24, 2.45) is 11.8 Å². The number of hydrogen-bond donors (Lipinski definition) is 2. The molecule has 0 aliphatic carbocycles. The first-order valence-electron chi connectivity index (χ1n) is 7.89. The smallest absolute Gasteiger partial charge is 0.306 e. The molecule has 0 aliphatic heterocycles. The van der Waals surface area contributed by atoms with E-state index in [9.17, 15) is 9.59 Å². The van der Waals surface area contributed by atoms with Crippen molar-refractivity contribution in [3.05, 3.63) is 0 Å². The number of carbonyl (C=O) groups is 2. The van der Waals surface area contributed by atoms with E-state index in [2.05, 4.69) is 13.8 Å². The van der Waals surface area contributed by atoms with Gasteiger partial charge in [0.05, 0.1) is 11.8 Å². The van der Waals surface area contributed by atoms with E-state index in [0.717, 1.165) is 51.4 Å². The number of carboxylic acids is 2. The number of rotatable bonds is 10. The van der Waals surface area contributed by atoms with Crippen LogP contribution in [0.15, 0.2) is 0 Å². The Hall–Kier alpha value is -0.398. The molecule has 0 aliphatic rings. The van der Waals surface area contributed by atoms with Crippen molar-refractivity contribution in [2.45, 2.75) is 79.1 Å². The molecule has 0 aromatic carbocycles. The van der Waals surface area contributed by atoms with E-state index in [1.807, 2.05) is 13.8 Å². The molecule has 0 saturated heterocycles. The maximum absolute atomic E-state index is 10.4. The third-order valence-corrected chi connectivity index (χ3v) is 3.50. The van der Waals surface area contributed by atoms with Crippen LogP contribution in [-0.2, 0) is 30.0 Å². The number of carboxylic acid groups (broad SMARTS) is 2. The van der Waals surface area contributed by atoms with Gasteiger partial charge in [-0.3, -0.25) is 9.59 Å². The van der Waals surface area contributed by atoms with Gasteiger partial charge in [-0.15, -0.1) is 0 Å². The summed E-state index contributed by atoms with van der Waals surface area (Å²) in [5.41, 5.74) is 0. The number of unbranched alkanes of at least 4 members (excludes halogenated alkanes) is 2. The minimum atomic E-state index is -0.643. The zero-order chi connectivity index (χ0) is 16.0. The Morgan fingerprint density at radius 1 is 0.762 bits per heavy atom. The van der Waals surface area contributed by atoms with Gasteiger partial charge in [0.15, 0.2) is 0 Å². The Balaban J connectivity index is -0.000000295. The van der Waals surface area contributed by atoms with Crippen molar-refractivity contribution in [1.82, 2.24) is 0 Å². The molecular formula is C16H32O4Pd. The molecule has 0 rings (SSSR count). The molecule has 0 bridgehead atoms. The van der Waals surface area contributed by atoms with Crippen LogP contribution in [0.2, 0.25) is 0 Å². The van der Waals surface area contributed by atoms with Gasteiger partial charge in [0.25, 0.3) is 0 Å². The molecule has 0 aromatic heterocycles. The molecule has 0 saturated carbocycles. The molecule has 4 nitrogen and oxygen atoms in total. The standard InChI is InChI=1S/2C8H16O2.Pd/c2*1-3-5-6-7(4-2)8(9)10;/h2*7H,3-6H2,1-2H3,(H,9,10);. The van der Waals surface area contributed by atoms with Crippen LogP contribution in [-0.4, -0.2) is 22.2 Å². The largest absolute Gasteiger partial charge is 0.481 e. The van der Waals surface area contributed by atoms with Crippen LogP contribution >= 0.6 is 0 Å². The molecule has 2 atom stereocenters. The zero-order valence-corrected chi connectivity index (χ0v) is 15.4. The fourth-order valence-corrected chi connectivity index (χ4v) is 1.91. The summed E-state index contributed by atoms with van der Waals surface area (Å²) in [4.78, 5) is 20.9.